The normalized spacial score (nSPS) is 14.6. The lowest BCUT2D eigenvalue weighted by atomic mass is 10.0. The minimum Gasteiger partial charge on any atom is -0.351 e. The Morgan fingerprint density at radius 1 is 1.12 bits per heavy atom. The van der Waals surface area contributed by atoms with Gasteiger partial charge in [0.25, 0.3) is 5.91 Å². The van der Waals surface area contributed by atoms with Crippen molar-refractivity contribution in [2.24, 2.45) is 16.5 Å². The third kappa shape index (κ3) is 7.57. The fourth-order valence-corrected chi connectivity index (χ4v) is 2.77. The number of pyridine rings is 1. The first kappa shape index (κ1) is 25.2. The topological polar surface area (TPSA) is 118 Å². The molecule has 0 fully saturated rings. The SMILES string of the molecule is CC(C)(C)NC(=NC(N)CC(N)c1ccc(F)cc1)NC(=O)c1cccnc1C(F)(F)F. The maximum Gasteiger partial charge on any atom is 0.434 e. The van der Waals surface area contributed by atoms with Gasteiger partial charge in [0.05, 0.1) is 5.56 Å². The van der Waals surface area contributed by atoms with E-state index in [-0.39, 0.29) is 12.4 Å². The van der Waals surface area contributed by atoms with Crippen molar-refractivity contribution in [2.45, 2.75) is 51.1 Å². The molecule has 0 aliphatic rings. The van der Waals surface area contributed by atoms with Gasteiger partial charge in [0.2, 0.25) is 0 Å². The fraction of sp³-hybridized carbons (Fsp3) is 0.381. The number of nitrogens with two attached hydrogens (primary N) is 2. The number of amides is 1. The number of hydrogen-bond acceptors (Lipinski definition) is 5. The second kappa shape index (κ2) is 10.0. The lowest BCUT2D eigenvalue weighted by molar-refractivity contribution is -0.141. The van der Waals surface area contributed by atoms with Crippen LogP contribution in [0.2, 0.25) is 0 Å². The standard InChI is InChI=1S/C21H26F4N6O/c1-20(2,3)31-19(29-16(27)11-15(26)12-6-8-13(22)9-7-12)30-18(32)14-5-4-10-28-17(14)21(23,24)25/h4-10,15-16H,11,26-27H2,1-3H3,(H2,29,30,31,32). The number of carbonyl (C=O) groups is 1. The molecule has 0 spiro atoms. The van der Waals surface area contributed by atoms with E-state index < -0.39 is 46.9 Å². The molecule has 0 aliphatic carbocycles. The van der Waals surface area contributed by atoms with Crippen LogP contribution < -0.4 is 22.1 Å². The van der Waals surface area contributed by atoms with Gasteiger partial charge in [0.1, 0.15) is 12.0 Å². The molecule has 0 saturated carbocycles. The van der Waals surface area contributed by atoms with E-state index in [1.165, 1.54) is 30.3 Å². The van der Waals surface area contributed by atoms with E-state index in [0.29, 0.717) is 5.56 Å². The summed E-state index contributed by atoms with van der Waals surface area (Å²) in [6.07, 6.45) is -4.62. The van der Waals surface area contributed by atoms with Crippen LogP contribution in [0.25, 0.3) is 0 Å². The van der Waals surface area contributed by atoms with Crippen molar-refractivity contribution in [3.63, 3.8) is 0 Å². The largest absolute Gasteiger partial charge is 0.434 e. The molecule has 6 N–H and O–H groups in total. The monoisotopic (exact) mass is 454 g/mol. The maximum absolute atomic E-state index is 13.2. The highest BCUT2D eigenvalue weighted by Gasteiger charge is 2.37. The lowest BCUT2D eigenvalue weighted by Crippen LogP contribution is -2.50. The van der Waals surface area contributed by atoms with Gasteiger partial charge in [0.15, 0.2) is 11.7 Å². The van der Waals surface area contributed by atoms with Crippen molar-refractivity contribution in [3.05, 3.63) is 65.2 Å². The van der Waals surface area contributed by atoms with Crippen molar-refractivity contribution in [1.29, 1.82) is 0 Å². The molecule has 1 heterocycles. The summed E-state index contributed by atoms with van der Waals surface area (Å²) in [6, 6.07) is 7.25. The predicted molar refractivity (Wildman–Crippen MR) is 113 cm³/mol. The van der Waals surface area contributed by atoms with E-state index in [1.807, 2.05) is 0 Å². The van der Waals surface area contributed by atoms with E-state index in [9.17, 15) is 22.4 Å². The van der Waals surface area contributed by atoms with Gasteiger partial charge in [-0.15, -0.1) is 0 Å². The van der Waals surface area contributed by atoms with Crippen molar-refractivity contribution in [3.8, 4) is 0 Å². The molecule has 0 radical (unpaired) electrons. The Kier molecular flexibility index (Phi) is 7.92. The molecule has 0 aliphatic heterocycles. The highest BCUT2D eigenvalue weighted by molar-refractivity contribution is 6.06. The third-order valence-corrected chi connectivity index (χ3v) is 4.13. The van der Waals surface area contributed by atoms with Crippen LogP contribution in [-0.4, -0.2) is 28.6 Å². The summed E-state index contributed by atoms with van der Waals surface area (Å²) in [7, 11) is 0. The van der Waals surface area contributed by atoms with Crippen LogP contribution >= 0.6 is 0 Å². The first-order valence-corrected chi connectivity index (χ1v) is 9.72. The average Bonchev–Trinajstić information content (AvgIpc) is 2.66. The summed E-state index contributed by atoms with van der Waals surface area (Å²) in [4.78, 5) is 20.1. The van der Waals surface area contributed by atoms with Gasteiger partial charge in [-0.05, 0) is 50.6 Å². The Morgan fingerprint density at radius 2 is 1.75 bits per heavy atom. The molecule has 11 heteroatoms. The molecule has 0 bridgehead atoms. The minimum absolute atomic E-state index is 0.113. The summed E-state index contributed by atoms with van der Waals surface area (Å²) >= 11 is 0. The van der Waals surface area contributed by atoms with Crippen molar-refractivity contribution in [2.75, 3.05) is 0 Å². The molecule has 1 aromatic heterocycles. The summed E-state index contributed by atoms with van der Waals surface area (Å²) in [5.74, 6) is -1.56. The number of alkyl halides is 3. The Labute approximate surface area is 183 Å². The number of nitrogens with zero attached hydrogens (tertiary/aromatic N) is 2. The van der Waals surface area contributed by atoms with Crippen LogP contribution in [0.5, 0.6) is 0 Å². The molecule has 7 nitrogen and oxygen atoms in total. The van der Waals surface area contributed by atoms with E-state index in [1.54, 1.807) is 20.8 Å². The zero-order valence-corrected chi connectivity index (χ0v) is 17.9. The van der Waals surface area contributed by atoms with E-state index in [2.05, 4.69) is 20.6 Å². The number of carbonyl (C=O) groups excluding carboxylic acids is 1. The molecule has 2 atom stereocenters. The molecule has 2 aromatic rings. The molecular weight excluding hydrogens is 428 g/mol. The van der Waals surface area contributed by atoms with Gasteiger partial charge in [-0.1, -0.05) is 12.1 Å². The Balaban J connectivity index is 2.23. The number of guanidine groups is 1. The third-order valence-electron chi connectivity index (χ3n) is 4.13. The molecule has 32 heavy (non-hydrogen) atoms. The average molecular weight is 454 g/mol. The second-order valence-electron chi connectivity index (χ2n) is 8.17. The van der Waals surface area contributed by atoms with Gasteiger partial charge >= 0.3 is 6.18 Å². The predicted octanol–water partition coefficient (Wildman–Crippen LogP) is 3.09. The maximum atomic E-state index is 13.2. The van der Waals surface area contributed by atoms with Crippen molar-refractivity contribution < 1.29 is 22.4 Å². The highest BCUT2D eigenvalue weighted by atomic mass is 19.4. The zero-order chi connectivity index (χ0) is 24.1. The number of rotatable bonds is 5. The fourth-order valence-electron chi connectivity index (χ4n) is 2.77. The second-order valence-corrected chi connectivity index (χ2v) is 8.17. The van der Waals surface area contributed by atoms with Crippen LogP contribution in [0, 0.1) is 5.82 Å². The van der Waals surface area contributed by atoms with E-state index >= 15 is 0 Å². The Hall–Kier alpha value is -3.05. The first-order chi connectivity index (χ1) is 14.8. The van der Waals surface area contributed by atoms with E-state index in [0.717, 1.165) is 12.3 Å². The molecule has 174 valence electrons. The summed E-state index contributed by atoms with van der Waals surface area (Å²) in [5.41, 5.74) is 10.2. The van der Waals surface area contributed by atoms with Gasteiger partial charge < -0.3 is 16.8 Å². The molecule has 2 unspecified atom stereocenters. The number of aliphatic imine (C=N–C) groups is 1. The van der Waals surface area contributed by atoms with E-state index in [4.69, 9.17) is 11.5 Å². The van der Waals surface area contributed by atoms with Gasteiger partial charge in [-0.3, -0.25) is 15.1 Å². The molecule has 2 rings (SSSR count). The molecule has 0 saturated heterocycles. The lowest BCUT2D eigenvalue weighted by Gasteiger charge is -2.25. The summed E-state index contributed by atoms with van der Waals surface area (Å²) < 4.78 is 52.7. The number of nitrogens with one attached hydrogen (secondary N) is 2. The number of benzene rings is 1. The number of aromatic nitrogens is 1. The molecule has 1 amide bonds. The van der Waals surface area contributed by atoms with Crippen LogP contribution in [0.15, 0.2) is 47.6 Å². The Morgan fingerprint density at radius 3 is 2.31 bits per heavy atom. The minimum atomic E-state index is -4.80. The number of hydrogen-bond donors (Lipinski definition) is 4. The van der Waals surface area contributed by atoms with Gasteiger partial charge in [0, 0.05) is 24.2 Å². The van der Waals surface area contributed by atoms with Crippen molar-refractivity contribution >= 4 is 11.9 Å². The van der Waals surface area contributed by atoms with Gasteiger partial charge in [-0.25, -0.2) is 9.38 Å². The summed E-state index contributed by atoms with van der Waals surface area (Å²) in [6.45, 7) is 5.32. The smallest absolute Gasteiger partial charge is 0.351 e. The van der Waals surface area contributed by atoms with Gasteiger partial charge in [-0.2, -0.15) is 13.2 Å². The number of halogens is 4. The highest BCUT2D eigenvalue weighted by Crippen LogP contribution is 2.30. The van der Waals surface area contributed by atoms with Crippen LogP contribution in [0.4, 0.5) is 17.6 Å². The Bertz CT molecular complexity index is 954. The zero-order valence-electron chi connectivity index (χ0n) is 17.9. The summed E-state index contributed by atoms with van der Waals surface area (Å²) in [5, 5.41) is 5.26. The first-order valence-electron chi connectivity index (χ1n) is 9.72. The quantitative estimate of drug-likeness (QED) is 0.315. The van der Waals surface area contributed by atoms with Crippen LogP contribution in [0.3, 0.4) is 0 Å². The molecule has 1 aromatic carbocycles. The van der Waals surface area contributed by atoms with Crippen molar-refractivity contribution in [1.82, 2.24) is 15.6 Å². The van der Waals surface area contributed by atoms with Crippen LogP contribution in [-0.2, 0) is 6.18 Å². The van der Waals surface area contributed by atoms with Crippen LogP contribution in [0.1, 0.15) is 54.8 Å². The molecular formula is C21H26F4N6O.